The van der Waals surface area contributed by atoms with Crippen LogP contribution in [0.1, 0.15) is 23.1 Å². The summed E-state index contributed by atoms with van der Waals surface area (Å²) in [5.74, 6) is 2.08. The molecule has 0 spiro atoms. The number of ether oxygens (including phenoxy) is 2. The number of aromatic amines is 1. The second kappa shape index (κ2) is 5.88. The van der Waals surface area contributed by atoms with Crippen LogP contribution in [0.2, 0.25) is 0 Å². The summed E-state index contributed by atoms with van der Waals surface area (Å²) in [6, 6.07) is 10.8. The zero-order valence-electron chi connectivity index (χ0n) is 13.3. The lowest BCUT2D eigenvalue weighted by atomic mass is 10.2. The third kappa shape index (κ3) is 2.67. The molecule has 122 valence electrons. The third-order valence-corrected chi connectivity index (χ3v) is 3.93. The number of imidazole rings is 1. The van der Waals surface area contributed by atoms with Crippen LogP contribution in [0.15, 0.2) is 36.4 Å². The molecule has 4 rings (SSSR count). The van der Waals surface area contributed by atoms with E-state index in [1.165, 1.54) is 0 Å². The molecule has 24 heavy (non-hydrogen) atoms. The van der Waals surface area contributed by atoms with Crippen molar-refractivity contribution in [2.45, 2.75) is 13.3 Å². The predicted octanol–water partition coefficient (Wildman–Crippen LogP) is 3.15. The van der Waals surface area contributed by atoms with E-state index in [1.54, 1.807) is 24.3 Å². The molecule has 6 nitrogen and oxygen atoms in total. The number of anilines is 1. The van der Waals surface area contributed by atoms with Crippen LogP contribution >= 0.6 is 0 Å². The zero-order chi connectivity index (χ0) is 16.5. The fourth-order valence-electron chi connectivity index (χ4n) is 2.70. The van der Waals surface area contributed by atoms with Crippen LogP contribution < -0.4 is 14.8 Å². The minimum atomic E-state index is -0.179. The van der Waals surface area contributed by atoms with Crippen molar-refractivity contribution >= 4 is 22.6 Å². The molecule has 1 amide bonds. The van der Waals surface area contributed by atoms with Gasteiger partial charge in [0.1, 0.15) is 19.0 Å². The molecule has 0 saturated carbocycles. The molecule has 3 aromatic rings. The van der Waals surface area contributed by atoms with Crippen LogP contribution in [-0.2, 0) is 6.42 Å². The topological polar surface area (TPSA) is 76.2 Å². The Hall–Kier alpha value is -3.02. The molecule has 0 radical (unpaired) electrons. The maximum atomic E-state index is 12.5. The highest BCUT2D eigenvalue weighted by atomic mass is 16.6. The normalized spacial score (nSPS) is 13.0. The van der Waals surface area contributed by atoms with E-state index in [1.807, 2.05) is 19.1 Å². The highest BCUT2D eigenvalue weighted by molar-refractivity contribution is 6.06. The van der Waals surface area contributed by atoms with E-state index in [2.05, 4.69) is 15.3 Å². The molecule has 1 aromatic heterocycles. The van der Waals surface area contributed by atoms with Crippen LogP contribution in [-0.4, -0.2) is 29.1 Å². The number of rotatable bonds is 3. The molecule has 2 aromatic carbocycles. The number of fused-ring (bicyclic) bond motifs is 2. The Morgan fingerprint density at radius 3 is 2.83 bits per heavy atom. The van der Waals surface area contributed by atoms with E-state index in [0.717, 1.165) is 23.3 Å². The number of amides is 1. The van der Waals surface area contributed by atoms with E-state index >= 15 is 0 Å². The van der Waals surface area contributed by atoms with Gasteiger partial charge in [-0.25, -0.2) is 4.98 Å². The molecule has 0 bridgehead atoms. The highest BCUT2D eigenvalue weighted by Gasteiger charge is 2.14. The Bertz CT molecular complexity index is 917. The number of aromatic nitrogens is 2. The number of hydrogen-bond donors (Lipinski definition) is 2. The van der Waals surface area contributed by atoms with Gasteiger partial charge in [0.25, 0.3) is 5.91 Å². The maximum absolute atomic E-state index is 12.5. The molecule has 1 aliphatic heterocycles. The summed E-state index contributed by atoms with van der Waals surface area (Å²) in [7, 11) is 0. The van der Waals surface area contributed by atoms with Gasteiger partial charge >= 0.3 is 0 Å². The SMILES string of the molecule is CCc1nc2ccc(C(=O)Nc3ccc4c(c3)OCCO4)cc2[nH]1. The largest absolute Gasteiger partial charge is 0.486 e. The van der Waals surface area contributed by atoms with Crippen LogP contribution in [0.5, 0.6) is 11.5 Å². The number of carbonyl (C=O) groups is 1. The lowest BCUT2D eigenvalue weighted by molar-refractivity contribution is 0.102. The molecule has 0 atom stereocenters. The van der Waals surface area contributed by atoms with Gasteiger partial charge in [-0.15, -0.1) is 0 Å². The number of H-pyrrole nitrogens is 1. The van der Waals surface area contributed by atoms with Gasteiger partial charge in [0, 0.05) is 23.7 Å². The highest BCUT2D eigenvalue weighted by Crippen LogP contribution is 2.32. The van der Waals surface area contributed by atoms with Gasteiger partial charge in [0.2, 0.25) is 0 Å². The molecule has 1 aliphatic rings. The van der Waals surface area contributed by atoms with Gasteiger partial charge < -0.3 is 19.8 Å². The number of carbonyl (C=O) groups excluding carboxylic acids is 1. The van der Waals surface area contributed by atoms with Gasteiger partial charge in [0.05, 0.1) is 11.0 Å². The Kier molecular flexibility index (Phi) is 3.57. The Labute approximate surface area is 138 Å². The number of hydrogen-bond acceptors (Lipinski definition) is 4. The summed E-state index contributed by atoms with van der Waals surface area (Å²) in [6.07, 6.45) is 0.827. The number of nitrogens with zero attached hydrogens (tertiary/aromatic N) is 1. The van der Waals surface area contributed by atoms with Crippen molar-refractivity contribution in [3.63, 3.8) is 0 Å². The van der Waals surface area contributed by atoms with Crippen molar-refractivity contribution in [1.82, 2.24) is 9.97 Å². The second-order valence-electron chi connectivity index (χ2n) is 5.58. The molecule has 2 heterocycles. The average Bonchev–Trinajstić information content (AvgIpc) is 3.04. The monoisotopic (exact) mass is 323 g/mol. The minimum absolute atomic E-state index is 0.179. The van der Waals surface area contributed by atoms with Crippen LogP contribution in [0.3, 0.4) is 0 Å². The molecule has 0 saturated heterocycles. The average molecular weight is 323 g/mol. The first-order chi connectivity index (χ1) is 11.7. The lowest BCUT2D eigenvalue weighted by Gasteiger charge is -2.19. The Morgan fingerprint density at radius 2 is 2.00 bits per heavy atom. The number of aryl methyl sites for hydroxylation is 1. The van der Waals surface area contributed by atoms with Crippen LogP contribution in [0.4, 0.5) is 5.69 Å². The fraction of sp³-hybridized carbons (Fsp3) is 0.222. The van der Waals surface area contributed by atoms with Crippen molar-refractivity contribution in [2.75, 3.05) is 18.5 Å². The molecule has 0 fully saturated rings. The first kappa shape index (κ1) is 14.6. The Balaban J connectivity index is 1.57. The predicted molar refractivity (Wildman–Crippen MR) is 90.9 cm³/mol. The quantitative estimate of drug-likeness (QED) is 0.776. The summed E-state index contributed by atoms with van der Waals surface area (Å²) in [4.78, 5) is 20.1. The van der Waals surface area contributed by atoms with Crippen molar-refractivity contribution in [1.29, 1.82) is 0 Å². The van der Waals surface area contributed by atoms with Crippen molar-refractivity contribution in [3.05, 3.63) is 47.8 Å². The van der Waals surface area contributed by atoms with Gasteiger partial charge in [-0.05, 0) is 30.3 Å². The molecule has 0 unspecified atom stereocenters. The lowest BCUT2D eigenvalue weighted by Crippen LogP contribution is -2.16. The van der Waals surface area contributed by atoms with Crippen LogP contribution in [0.25, 0.3) is 11.0 Å². The van der Waals surface area contributed by atoms with E-state index in [9.17, 15) is 4.79 Å². The van der Waals surface area contributed by atoms with Gasteiger partial charge in [0.15, 0.2) is 11.5 Å². The number of benzene rings is 2. The standard InChI is InChI=1S/C18H17N3O3/c1-2-17-20-13-5-3-11(9-14(13)21-17)18(22)19-12-4-6-15-16(10-12)24-8-7-23-15/h3-6,9-10H,2,7-8H2,1H3,(H,19,22)(H,20,21). The maximum Gasteiger partial charge on any atom is 0.255 e. The summed E-state index contributed by atoms with van der Waals surface area (Å²) in [6.45, 7) is 3.09. The molecule has 0 aliphatic carbocycles. The molecular weight excluding hydrogens is 306 g/mol. The van der Waals surface area contributed by atoms with Gasteiger partial charge in [-0.2, -0.15) is 0 Å². The Morgan fingerprint density at radius 1 is 1.17 bits per heavy atom. The molecule has 6 heteroatoms. The zero-order valence-corrected chi connectivity index (χ0v) is 13.3. The van der Waals surface area contributed by atoms with Crippen molar-refractivity contribution in [3.8, 4) is 11.5 Å². The van der Waals surface area contributed by atoms with Crippen molar-refractivity contribution in [2.24, 2.45) is 0 Å². The molecule has 2 N–H and O–H groups in total. The van der Waals surface area contributed by atoms with E-state index in [4.69, 9.17) is 9.47 Å². The summed E-state index contributed by atoms with van der Waals surface area (Å²) in [5, 5.41) is 2.89. The second-order valence-corrected chi connectivity index (χ2v) is 5.58. The van der Waals surface area contributed by atoms with Crippen molar-refractivity contribution < 1.29 is 14.3 Å². The fourth-order valence-corrected chi connectivity index (χ4v) is 2.70. The van der Waals surface area contributed by atoms with E-state index in [-0.39, 0.29) is 5.91 Å². The summed E-state index contributed by atoms with van der Waals surface area (Å²) in [5.41, 5.74) is 2.97. The first-order valence-electron chi connectivity index (χ1n) is 7.92. The van der Waals surface area contributed by atoms with Crippen LogP contribution in [0, 0.1) is 0 Å². The minimum Gasteiger partial charge on any atom is -0.486 e. The van der Waals surface area contributed by atoms with Gasteiger partial charge in [-0.3, -0.25) is 4.79 Å². The molecular formula is C18H17N3O3. The van der Waals surface area contributed by atoms with E-state index < -0.39 is 0 Å². The van der Waals surface area contributed by atoms with E-state index in [0.29, 0.717) is 36.0 Å². The summed E-state index contributed by atoms with van der Waals surface area (Å²) >= 11 is 0. The number of nitrogens with one attached hydrogen (secondary N) is 2. The smallest absolute Gasteiger partial charge is 0.255 e. The van der Waals surface area contributed by atoms with Gasteiger partial charge in [-0.1, -0.05) is 6.92 Å². The summed E-state index contributed by atoms with van der Waals surface area (Å²) < 4.78 is 11.0. The first-order valence-corrected chi connectivity index (χ1v) is 7.92. The third-order valence-electron chi connectivity index (χ3n) is 3.93.